The lowest BCUT2D eigenvalue weighted by molar-refractivity contribution is -0.905. The van der Waals surface area contributed by atoms with Crippen LogP contribution in [-0.2, 0) is 16.1 Å². The fraction of sp³-hybridized carbons (Fsp3) is 0.318. The molecule has 1 amide bonds. The zero-order valence-corrected chi connectivity index (χ0v) is 17.9. The summed E-state index contributed by atoms with van der Waals surface area (Å²) in [7, 11) is 0. The largest absolute Gasteiger partial charge is 0.442 e. The van der Waals surface area contributed by atoms with E-state index in [9.17, 15) is 15.1 Å². The minimum absolute atomic E-state index is 0.131. The smallest absolute Gasteiger partial charge is 0.414 e. The van der Waals surface area contributed by atoms with Gasteiger partial charge in [0.25, 0.3) is 5.69 Å². The van der Waals surface area contributed by atoms with Crippen molar-refractivity contribution in [1.29, 1.82) is 0 Å². The van der Waals surface area contributed by atoms with Gasteiger partial charge in [0, 0.05) is 29.1 Å². The number of aromatic nitrogens is 4. The maximum Gasteiger partial charge on any atom is 0.414 e. The fourth-order valence-corrected chi connectivity index (χ4v) is 4.06. The van der Waals surface area contributed by atoms with Crippen LogP contribution < -0.4 is 9.63 Å². The van der Waals surface area contributed by atoms with Crippen molar-refractivity contribution in [3.05, 3.63) is 60.2 Å². The number of aryl methyl sites for hydroxylation is 1. The quantitative estimate of drug-likeness (QED) is 0.427. The predicted molar refractivity (Wildman–Crippen MR) is 115 cm³/mol. The van der Waals surface area contributed by atoms with Crippen molar-refractivity contribution in [3.8, 4) is 11.1 Å². The van der Waals surface area contributed by atoms with Crippen LogP contribution in [0.2, 0.25) is 0 Å². The van der Waals surface area contributed by atoms with E-state index >= 15 is 0 Å². The molecule has 1 aromatic carbocycles. The first-order chi connectivity index (χ1) is 16.0. The lowest BCUT2D eigenvalue weighted by Gasteiger charge is -2.15. The maximum absolute atomic E-state index is 12.4. The van der Waals surface area contributed by atoms with Crippen molar-refractivity contribution < 1.29 is 29.4 Å². The van der Waals surface area contributed by atoms with Crippen molar-refractivity contribution in [2.75, 3.05) is 18.1 Å². The van der Waals surface area contributed by atoms with Crippen LogP contribution in [0.1, 0.15) is 17.7 Å². The van der Waals surface area contributed by atoms with Crippen molar-refractivity contribution >= 4 is 17.5 Å². The topological polar surface area (TPSA) is 126 Å². The number of amides is 1. The predicted octanol–water partition coefficient (Wildman–Crippen LogP) is 1.29. The van der Waals surface area contributed by atoms with Crippen LogP contribution >= 0.6 is 0 Å². The Morgan fingerprint density at radius 3 is 2.82 bits per heavy atom. The lowest BCUT2D eigenvalue weighted by atomic mass is 10.00. The summed E-state index contributed by atoms with van der Waals surface area (Å²) in [4.78, 5) is 19.1. The molecule has 11 heteroatoms. The van der Waals surface area contributed by atoms with Gasteiger partial charge in [0.1, 0.15) is 6.10 Å². The Morgan fingerprint density at radius 2 is 2.12 bits per heavy atom. The summed E-state index contributed by atoms with van der Waals surface area (Å²) in [5, 5.41) is 31.3. The highest BCUT2D eigenvalue weighted by Gasteiger charge is 2.33. The molecule has 170 valence electrons. The summed E-state index contributed by atoms with van der Waals surface area (Å²) in [5.41, 5.74) is 4.47. The van der Waals surface area contributed by atoms with Crippen LogP contribution in [0.3, 0.4) is 0 Å². The zero-order chi connectivity index (χ0) is 22.9. The molecule has 2 aromatic heterocycles. The first kappa shape index (κ1) is 20.9. The third-order valence-electron chi connectivity index (χ3n) is 5.73. The molecule has 0 bridgehead atoms. The summed E-state index contributed by atoms with van der Waals surface area (Å²) in [6.45, 7) is 2.68. The maximum atomic E-state index is 12.4. The van der Waals surface area contributed by atoms with Gasteiger partial charge < -0.3 is 14.7 Å². The Hall–Kier alpha value is -3.99. The summed E-state index contributed by atoms with van der Waals surface area (Å²) < 4.78 is 8.12. The molecule has 1 fully saturated rings. The summed E-state index contributed by atoms with van der Waals surface area (Å²) in [5.74, 6) is 0. The standard InChI is InChI=1S/C22H23N6O5/c1-14-8-16(27-12-18(32-22(27)30)11-26-7-6-23-25-26)3-4-19(14)15-2-5-21(28(31)10-15)20-9-17(13-29)33-24-20/h2-8,10,17-18,29,31H,9,11-13H2,1H3/q+1. The van der Waals surface area contributed by atoms with Gasteiger partial charge in [-0.05, 0) is 36.2 Å². The second-order valence-corrected chi connectivity index (χ2v) is 8.04. The number of anilines is 1. The number of hydrogen-bond donors (Lipinski definition) is 2. The third kappa shape index (κ3) is 4.10. The van der Waals surface area contributed by atoms with E-state index in [-0.39, 0.29) is 18.8 Å². The van der Waals surface area contributed by atoms with Crippen molar-refractivity contribution in [3.63, 3.8) is 0 Å². The SMILES string of the molecule is Cc1cc(N2CC(Cn3ccnn3)OC2=O)ccc1-c1ccc(C2=NOC(CO)C2)[n+](O)c1. The molecule has 2 aliphatic heterocycles. The number of nitrogens with zero attached hydrogens (tertiary/aromatic N) is 6. The first-order valence-electron chi connectivity index (χ1n) is 10.5. The number of hydrogen-bond acceptors (Lipinski definition) is 8. The van der Waals surface area contributed by atoms with E-state index in [0.717, 1.165) is 27.1 Å². The van der Waals surface area contributed by atoms with Crippen molar-refractivity contribution in [2.24, 2.45) is 5.16 Å². The molecular weight excluding hydrogens is 428 g/mol. The van der Waals surface area contributed by atoms with Crippen LogP contribution in [0.4, 0.5) is 10.5 Å². The van der Waals surface area contributed by atoms with Crippen LogP contribution in [0, 0.1) is 6.92 Å². The number of rotatable bonds is 6. The van der Waals surface area contributed by atoms with Crippen LogP contribution in [0.15, 0.2) is 54.1 Å². The molecule has 3 aromatic rings. The molecule has 0 saturated carbocycles. The molecule has 11 nitrogen and oxygen atoms in total. The number of benzene rings is 1. The highest BCUT2D eigenvalue weighted by Crippen LogP contribution is 2.29. The number of oxime groups is 1. The van der Waals surface area contributed by atoms with Gasteiger partial charge in [0.05, 0.1) is 31.5 Å². The fourth-order valence-electron chi connectivity index (χ4n) is 4.06. The molecule has 0 radical (unpaired) electrons. The van der Waals surface area contributed by atoms with E-state index in [1.807, 2.05) is 31.2 Å². The van der Waals surface area contributed by atoms with Gasteiger partial charge in [0.15, 0.2) is 11.8 Å². The molecule has 2 atom stereocenters. The highest BCUT2D eigenvalue weighted by atomic mass is 16.6. The Balaban J connectivity index is 1.33. The first-order valence-corrected chi connectivity index (χ1v) is 10.5. The number of carbonyl (C=O) groups excluding carboxylic acids is 1. The normalized spacial score (nSPS) is 20.0. The Kier molecular flexibility index (Phi) is 5.38. The average molecular weight is 451 g/mol. The third-order valence-corrected chi connectivity index (χ3v) is 5.73. The van der Waals surface area contributed by atoms with E-state index in [2.05, 4.69) is 15.5 Å². The molecule has 2 N–H and O–H groups in total. The van der Waals surface area contributed by atoms with Gasteiger partial charge in [-0.25, -0.2) is 9.48 Å². The van der Waals surface area contributed by atoms with Crippen LogP contribution in [0.25, 0.3) is 11.1 Å². The van der Waals surface area contributed by atoms with E-state index < -0.39 is 6.09 Å². The molecular formula is C22H23N6O5+. The number of aliphatic hydroxyl groups is 1. The number of pyridine rings is 1. The minimum Gasteiger partial charge on any atom is -0.442 e. The van der Waals surface area contributed by atoms with Gasteiger partial charge in [-0.15, -0.1) is 5.10 Å². The molecule has 5 rings (SSSR count). The number of aliphatic hydroxyl groups excluding tert-OH is 1. The second kappa shape index (κ2) is 8.51. The van der Waals surface area contributed by atoms with E-state index in [4.69, 9.17) is 9.57 Å². The van der Waals surface area contributed by atoms with Gasteiger partial charge in [-0.2, -0.15) is 0 Å². The zero-order valence-electron chi connectivity index (χ0n) is 17.9. The molecule has 0 aliphatic carbocycles. The molecule has 4 heterocycles. The summed E-state index contributed by atoms with van der Waals surface area (Å²) in [6, 6.07) is 9.34. The molecule has 2 unspecified atom stereocenters. The van der Waals surface area contributed by atoms with Crippen molar-refractivity contribution in [2.45, 2.75) is 32.1 Å². The Morgan fingerprint density at radius 1 is 1.24 bits per heavy atom. The van der Waals surface area contributed by atoms with Gasteiger partial charge in [-0.1, -0.05) is 16.4 Å². The number of carbonyl (C=O) groups is 1. The van der Waals surface area contributed by atoms with Crippen molar-refractivity contribution in [1.82, 2.24) is 15.0 Å². The molecule has 2 aliphatic rings. The Labute approximate surface area is 189 Å². The minimum atomic E-state index is -0.398. The number of cyclic esters (lactones) is 1. The van der Waals surface area contributed by atoms with E-state index in [1.54, 1.807) is 34.2 Å². The van der Waals surface area contributed by atoms with Gasteiger partial charge in [0.2, 0.25) is 6.20 Å². The number of ether oxygens (including phenoxy) is 1. The molecule has 1 saturated heterocycles. The van der Waals surface area contributed by atoms with Crippen LogP contribution in [0.5, 0.6) is 0 Å². The summed E-state index contributed by atoms with van der Waals surface area (Å²) in [6.07, 6.45) is 4.24. The molecule has 0 spiro atoms. The van der Waals surface area contributed by atoms with Crippen LogP contribution in [-0.4, -0.2) is 62.5 Å². The molecule has 33 heavy (non-hydrogen) atoms. The second-order valence-electron chi connectivity index (χ2n) is 8.04. The summed E-state index contributed by atoms with van der Waals surface area (Å²) >= 11 is 0. The lowest BCUT2D eigenvalue weighted by Crippen LogP contribution is -2.37. The van der Waals surface area contributed by atoms with Gasteiger partial charge in [-0.3, -0.25) is 10.1 Å². The highest BCUT2D eigenvalue weighted by molar-refractivity contribution is 5.98. The van der Waals surface area contributed by atoms with Gasteiger partial charge >= 0.3 is 6.09 Å². The average Bonchev–Trinajstić information content (AvgIpc) is 3.55. The monoisotopic (exact) mass is 451 g/mol. The Bertz CT molecular complexity index is 1210. The van der Waals surface area contributed by atoms with E-state index in [1.165, 1.54) is 0 Å². The van der Waals surface area contributed by atoms with E-state index in [0.29, 0.717) is 30.9 Å².